The molecule has 0 amide bonds. The predicted octanol–water partition coefficient (Wildman–Crippen LogP) is 4.27. The van der Waals surface area contributed by atoms with Gasteiger partial charge in [0, 0.05) is 59.4 Å². The first kappa shape index (κ1) is 28.3. The van der Waals surface area contributed by atoms with Crippen LogP contribution >= 0.6 is 0 Å². The van der Waals surface area contributed by atoms with Gasteiger partial charge in [0.1, 0.15) is 34.5 Å². The SMILES string of the molecule is O=C(O[C@@H]1Cc2c(O)cc(O)cc2O[C@H]1c1ccc(O)c(O)c1)O[C@@H]1Cc2c(O)cc(O)cc2O[C@H]1c1ccc(O)c(O)c1. The lowest BCUT2D eigenvalue weighted by molar-refractivity contribution is -0.0685. The normalized spacial score (nSPS) is 20.4. The van der Waals surface area contributed by atoms with Crippen LogP contribution in [0.25, 0.3) is 0 Å². The van der Waals surface area contributed by atoms with Gasteiger partial charge in [0.25, 0.3) is 0 Å². The van der Waals surface area contributed by atoms with Gasteiger partial charge < -0.3 is 59.8 Å². The Bertz CT molecular complexity index is 1640. The van der Waals surface area contributed by atoms with Gasteiger partial charge in [-0.3, -0.25) is 0 Å². The number of aromatic hydroxyl groups is 8. The van der Waals surface area contributed by atoms with Gasteiger partial charge in [0.15, 0.2) is 47.4 Å². The third-order valence-corrected chi connectivity index (χ3v) is 7.49. The standard InChI is InChI=1S/C31H26O13/c32-15-7-21(36)17-11-27(29(41-25(17)9-15)13-1-3-19(34)23(38)5-13)43-31(40)44-28-12-18-22(37)8-16(33)10-26(18)42-30(28)14-2-4-20(35)24(39)6-14/h1-10,27-30,32-39H,11-12H2/t27-,28-,29+,30+/m1/s1. The van der Waals surface area contributed by atoms with Gasteiger partial charge in [0.2, 0.25) is 0 Å². The van der Waals surface area contributed by atoms with Gasteiger partial charge >= 0.3 is 6.16 Å². The van der Waals surface area contributed by atoms with Gasteiger partial charge in [-0.2, -0.15) is 0 Å². The summed E-state index contributed by atoms with van der Waals surface area (Å²) in [5.74, 6) is -2.64. The average molecular weight is 607 g/mol. The maximum Gasteiger partial charge on any atom is 0.509 e. The van der Waals surface area contributed by atoms with E-state index in [2.05, 4.69) is 0 Å². The van der Waals surface area contributed by atoms with Gasteiger partial charge in [-0.1, -0.05) is 12.1 Å². The van der Waals surface area contributed by atoms with Crippen LogP contribution in [0.5, 0.6) is 57.5 Å². The average Bonchev–Trinajstić information content (AvgIpc) is 2.96. The molecule has 4 aromatic carbocycles. The zero-order chi connectivity index (χ0) is 31.3. The lowest BCUT2D eigenvalue weighted by Gasteiger charge is -2.36. The quantitative estimate of drug-likeness (QED) is 0.120. The molecule has 228 valence electrons. The van der Waals surface area contributed by atoms with Crippen LogP contribution in [0.2, 0.25) is 0 Å². The summed E-state index contributed by atoms with van der Waals surface area (Å²) in [7, 11) is 0. The number of hydrogen-bond donors (Lipinski definition) is 8. The van der Waals surface area contributed by atoms with E-state index in [9.17, 15) is 45.6 Å². The topological polar surface area (TPSA) is 216 Å². The van der Waals surface area contributed by atoms with Gasteiger partial charge in [-0.25, -0.2) is 4.79 Å². The summed E-state index contributed by atoms with van der Waals surface area (Å²) in [4.78, 5) is 13.3. The molecule has 6 rings (SSSR count). The van der Waals surface area contributed by atoms with E-state index in [0.717, 1.165) is 12.1 Å². The molecule has 0 saturated carbocycles. The summed E-state index contributed by atoms with van der Waals surface area (Å²) in [6.07, 6.45) is -5.84. The van der Waals surface area contributed by atoms with Crippen LogP contribution < -0.4 is 9.47 Å². The van der Waals surface area contributed by atoms with Crippen molar-refractivity contribution in [3.05, 3.63) is 82.9 Å². The molecule has 8 N–H and O–H groups in total. The molecule has 0 bridgehead atoms. The van der Waals surface area contributed by atoms with E-state index >= 15 is 0 Å². The Morgan fingerprint density at radius 2 is 0.955 bits per heavy atom. The molecule has 0 radical (unpaired) electrons. The molecule has 0 spiro atoms. The highest BCUT2D eigenvalue weighted by molar-refractivity contribution is 5.62. The smallest absolute Gasteiger partial charge is 0.508 e. The van der Waals surface area contributed by atoms with Crippen molar-refractivity contribution in [1.82, 2.24) is 0 Å². The maximum atomic E-state index is 13.3. The molecular weight excluding hydrogens is 580 g/mol. The molecule has 0 aliphatic carbocycles. The van der Waals surface area contributed by atoms with Crippen LogP contribution in [0.1, 0.15) is 34.5 Å². The van der Waals surface area contributed by atoms with Crippen molar-refractivity contribution in [3.8, 4) is 57.5 Å². The highest BCUT2D eigenvalue weighted by Gasteiger charge is 2.40. The number of carbonyl (C=O) groups excluding carboxylic acids is 1. The van der Waals surface area contributed by atoms with Crippen LogP contribution in [0.4, 0.5) is 4.79 Å². The van der Waals surface area contributed by atoms with Crippen LogP contribution in [-0.4, -0.2) is 59.2 Å². The Balaban J connectivity index is 1.31. The van der Waals surface area contributed by atoms with Crippen molar-refractivity contribution < 1.29 is 64.6 Å². The van der Waals surface area contributed by atoms with E-state index in [4.69, 9.17) is 18.9 Å². The molecule has 2 aliphatic rings. The molecule has 2 heterocycles. The molecule has 0 unspecified atom stereocenters. The lowest BCUT2D eigenvalue weighted by atomic mass is 9.93. The number of carbonyl (C=O) groups is 1. The van der Waals surface area contributed by atoms with Crippen molar-refractivity contribution in [3.63, 3.8) is 0 Å². The first-order valence-corrected chi connectivity index (χ1v) is 13.3. The van der Waals surface area contributed by atoms with Gasteiger partial charge in [0.05, 0.1) is 0 Å². The number of phenols is 8. The number of phenolic OH excluding ortho intramolecular Hbond substituents is 8. The van der Waals surface area contributed by atoms with Crippen molar-refractivity contribution >= 4 is 6.16 Å². The second kappa shape index (κ2) is 10.8. The summed E-state index contributed by atoms with van der Waals surface area (Å²) in [6.45, 7) is 0. The first-order valence-electron chi connectivity index (χ1n) is 13.3. The Morgan fingerprint density at radius 1 is 0.545 bits per heavy atom. The Morgan fingerprint density at radius 3 is 1.34 bits per heavy atom. The van der Waals surface area contributed by atoms with Crippen molar-refractivity contribution in [2.24, 2.45) is 0 Å². The highest BCUT2D eigenvalue weighted by atomic mass is 16.7. The molecular formula is C31H26O13. The third-order valence-electron chi connectivity index (χ3n) is 7.49. The van der Waals surface area contributed by atoms with E-state index in [0.29, 0.717) is 11.1 Å². The zero-order valence-corrected chi connectivity index (χ0v) is 22.6. The minimum Gasteiger partial charge on any atom is -0.508 e. The molecule has 44 heavy (non-hydrogen) atoms. The summed E-state index contributed by atoms with van der Waals surface area (Å²) in [5.41, 5.74) is 1.06. The molecule has 0 fully saturated rings. The monoisotopic (exact) mass is 606 g/mol. The minimum absolute atomic E-state index is 0.0951. The highest BCUT2D eigenvalue weighted by Crippen LogP contribution is 2.46. The fourth-order valence-corrected chi connectivity index (χ4v) is 5.38. The van der Waals surface area contributed by atoms with Crippen LogP contribution in [0.15, 0.2) is 60.7 Å². The fourth-order valence-electron chi connectivity index (χ4n) is 5.38. The van der Waals surface area contributed by atoms with E-state index in [-0.39, 0.29) is 58.5 Å². The van der Waals surface area contributed by atoms with E-state index < -0.39 is 53.6 Å². The van der Waals surface area contributed by atoms with E-state index in [1.807, 2.05) is 0 Å². The van der Waals surface area contributed by atoms with Crippen molar-refractivity contribution in [1.29, 1.82) is 0 Å². The largest absolute Gasteiger partial charge is 0.509 e. The summed E-state index contributed by atoms with van der Waals surface area (Å²) in [5, 5.41) is 80.6. The number of fused-ring (bicyclic) bond motifs is 2. The fraction of sp³-hybridized carbons (Fsp3) is 0.194. The molecule has 13 nitrogen and oxygen atoms in total. The Kier molecular flexibility index (Phi) is 6.92. The summed E-state index contributed by atoms with van der Waals surface area (Å²) in [6, 6.07) is 12.5. The number of ether oxygens (including phenoxy) is 4. The maximum absolute atomic E-state index is 13.3. The molecule has 0 saturated heterocycles. The third kappa shape index (κ3) is 5.26. The van der Waals surface area contributed by atoms with Crippen LogP contribution in [0, 0.1) is 0 Å². The van der Waals surface area contributed by atoms with Crippen molar-refractivity contribution in [2.75, 3.05) is 0 Å². The first-order chi connectivity index (χ1) is 21.0. The van der Waals surface area contributed by atoms with Gasteiger partial charge in [-0.05, 0) is 24.3 Å². The number of hydrogen-bond acceptors (Lipinski definition) is 13. The zero-order valence-electron chi connectivity index (χ0n) is 22.6. The predicted molar refractivity (Wildman–Crippen MR) is 148 cm³/mol. The minimum atomic E-state index is -1.20. The second-order valence-corrected chi connectivity index (χ2v) is 10.4. The van der Waals surface area contributed by atoms with Crippen molar-refractivity contribution in [2.45, 2.75) is 37.3 Å². The van der Waals surface area contributed by atoms with E-state index in [1.165, 1.54) is 48.5 Å². The summed E-state index contributed by atoms with van der Waals surface area (Å²) >= 11 is 0. The molecule has 0 aromatic heterocycles. The van der Waals surface area contributed by atoms with Gasteiger partial charge in [-0.15, -0.1) is 0 Å². The lowest BCUT2D eigenvalue weighted by Crippen LogP contribution is -2.38. The molecule has 4 aromatic rings. The number of benzene rings is 4. The Hall–Kier alpha value is -5.85. The van der Waals surface area contributed by atoms with Crippen LogP contribution in [-0.2, 0) is 22.3 Å². The summed E-state index contributed by atoms with van der Waals surface area (Å²) < 4.78 is 23.3. The number of rotatable bonds is 4. The van der Waals surface area contributed by atoms with E-state index in [1.54, 1.807) is 0 Å². The Labute approximate surface area is 248 Å². The molecule has 2 aliphatic heterocycles. The molecule has 13 heteroatoms. The molecule has 4 atom stereocenters. The van der Waals surface area contributed by atoms with Crippen LogP contribution in [0.3, 0.4) is 0 Å². The second-order valence-electron chi connectivity index (χ2n) is 10.4.